The molecule has 0 spiro atoms. The summed E-state index contributed by atoms with van der Waals surface area (Å²) in [6.07, 6.45) is 0. The number of carbonyl (C=O) groups is 1. The Morgan fingerprint density at radius 1 is 1.07 bits per heavy atom. The molecule has 4 rings (SSSR count). The number of rotatable bonds is 5. The van der Waals surface area contributed by atoms with Crippen LogP contribution in [0.2, 0.25) is 0 Å². The van der Waals surface area contributed by atoms with Crippen LogP contribution in [-0.2, 0) is 0 Å². The van der Waals surface area contributed by atoms with E-state index in [-0.39, 0.29) is 11.5 Å². The van der Waals surface area contributed by atoms with Crippen molar-refractivity contribution < 1.29 is 9.18 Å². The third kappa shape index (κ3) is 3.85. The highest BCUT2D eigenvalue weighted by Gasteiger charge is 2.19. The fraction of sp³-hybridized carbons (Fsp3) is 0.0455. The monoisotopic (exact) mass is 420 g/mol. The molecule has 30 heavy (non-hydrogen) atoms. The Hall–Kier alpha value is -3.78. The summed E-state index contributed by atoms with van der Waals surface area (Å²) in [5.41, 5.74) is 4.62. The Balaban J connectivity index is 1.79. The van der Waals surface area contributed by atoms with Crippen LogP contribution in [0.4, 0.5) is 4.39 Å². The van der Waals surface area contributed by atoms with Gasteiger partial charge in [0.15, 0.2) is 0 Å². The van der Waals surface area contributed by atoms with Gasteiger partial charge in [-0.1, -0.05) is 36.4 Å². The van der Waals surface area contributed by atoms with Crippen molar-refractivity contribution in [1.29, 1.82) is 0 Å². The van der Waals surface area contributed by atoms with Gasteiger partial charge in [0.1, 0.15) is 5.82 Å². The number of halogens is 1. The summed E-state index contributed by atoms with van der Waals surface area (Å²) >= 11 is 1.30. The molecule has 1 amide bonds. The van der Waals surface area contributed by atoms with Crippen molar-refractivity contribution in [3.05, 3.63) is 98.7 Å². The number of aromatic amines is 1. The second-order valence-electron chi connectivity index (χ2n) is 6.46. The molecule has 0 aliphatic rings. The molecule has 0 unspecified atom stereocenters. The second kappa shape index (κ2) is 8.30. The molecule has 0 saturated heterocycles. The van der Waals surface area contributed by atoms with E-state index in [4.69, 9.17) is 0 Å². The summed E-state index contributed by atoms with van der Waals surface area (Å²) in [5.74, 6) is -0.740. The number of benzene rings is 2. The Morgan fingerprint density at radius 3 is 2.47 bits per heavy atom. The number of hydrogen-bond donors (Lipinski definition) is 2. The molecule has 6 nitrogen and oxygen atoms in total. The molecule has 2 N–H and O–H groups in total. The van der Waals surface area contributed by atoms with Crippen LogP contribution < -0.4 is 11.0 Å². The molecule has 4 aromatic rings. The van der Waals surface area contributed by atoms with Crippen molar-refractivity contribution >= 4 is 23.0 Å². The normalized spacial score (nSPS) is 11.5. The van der Waals surface area contributed by atoms with E-state index in [1.165, 1.54) is 40.3 Å². The van der Waals surface area contributed by atoms with Crippen LogP contribution in [0, 0.1) is 5.82 Å². The van der Waals surface area contributed by atoms with Crippen molar-refractivity contribution in [1.82, 2.24) is 15.2 Å². The average molecular weight is 420 g/mol. The SMILES string of the molecule is CC(=NNC(=O)c1cccs1)c1c(-c2ccccc2)[nH]n(-c2ccc(F)cc2)c1=O. The third-order valence-corrected chi connectivity index (χ3v) is 5.34. The molecule has 0 aliphatic heterocycles. The van der Waals surface area contributed by atoms with Crippen LogP contribution in [0.3, 0.4) is 0 Å². The molecular formula is C22H17FN4O2S. The number of nitrogens with zero attached hydrogens (tertiary/aromatic N) is 2. The van der Waals surface area contributed by atoms with Gasteiger partial charge in [0.2, 0.25) is 0 Å². The average Bonchev–Trinajstić information content (AvgIpc) is 3.41. The Labute approximate surface area is 175 Å². The van der Waals surface area contributed by atoms with Gasteiger partial charge in [0, 0.05) is 5.56 Å². The molecule has 0 atom stereocenters. The predicted molar refractivity (Wildman–Crippen MR) is 116 cm³/mol. The molecule has 2 heterocycles. The zero-order chi connectivity index (χ0) is 21.1. The largest absolute Gasteiger partial charge is 0.290 e. The smallest absolute Gasteiger partial charge is 0.281 e. The minimum atomic E-state index is -0.393. The molecule has 2 aromatic carbocycles. The number of H-pyrrole nitrogens is 1. The lowest BCUT2D eigenvalue weighted by Crippen LogP contribution is -2.23. The number of hydrazone groups is 1. The van der Waals surface area contributed by atoms with Gasteiger partial charge in [-0.15, -0.1) is 11.3 Å². The van der Waals surface area contributed by atoms with E-state index >= 15 is 0 Å². The lowest BCUT2D eigenvalue weighted by molar-refractivity contribution is 0.0959. The van der Waals surface area contributed by atoms with E-state index < -0.39 is 5.82 Å². The molecule has 150 valence electrons. The highest BCUT2D eigenvalue weighted by molar-refractivity contribution is 7.12. The maximum atomic E-state index is 13.3. The van der Waals surface area contributed by atoms with E-state index in [1.807, 2.05) is 30.3 Å². The zero-order valence-electron chi connectivity index (χ0n) is 15.9. The summed E-state index contributed by atoms with van der Waals surface area (Å²) in [4.78, 5) is 25.9. The zero-order valence-corrected chi connectivity index (χ0v) is 16.7. The fourth-order valence-electron chi connectivity index (χ4n) is 3.01. The Kier molecular flexibility index (Phi) is 5.40. The summed E-state index contributed by atoms with van der Waals surface area (Å²) in [5, 5.41) is 9.04. The van der Waals surface area contributed by atoms with Gasteiger partial charge in [0.05, 0.1) is 27.5 Å². The Bertz CT molecular complexity index is 1260. The quantitative estimate of drug-likeness (QED) is 0.375. The molecule has 8 heteroatoms. The lowest BCUT2D eigenvalue weighted by Gasteiger charge is -2.03. The van der Waals surface area contributed by atoms with E-state index in [2.05, 4.69) is 15.6 Å². The van der Waals surface area contributed by atoms with Gasteiger partial charge in [-0.3, -0.25) is 14.7 Å². The number of nitrogens with one attached hydrogen (secondary N) is 2. The van der Waals surface area contributed by atoms with Gasteiger partial charge >= 0.3 is 0 Å². The molecular weight excluding hydrogens is 403 g/mol. The van der Waals surface area contributed by atoms with Crippen molar-refractivity contribution in [3.8, 4) is 16.9 Å². The summed E-state index contributed by atoms with van der Waals surface area (Å²) in [6.45, 7) is 1.65. The first kappa shape index (κ1) is 19.5. The van der Waals surface area contributed by atoms with Crippen LogP contribution in [0.25, 0.3) is 16.9 Å². The summed E-state index contributed by atoms with van der Waals surface area (Å²) in [6, 6.07) is 18.4. The van der Waals surface area contributed by atoms with Crippen LogP contribution in [0.15, 0.2) is 82.0 Å². The maximum absolute atomic E-state index is 13.3. The number of amides is 1. The number of hydrogen-bond acceptors (Lipinski definition) is 4. The maximum Gasteiger partial charge on any atom is 0.281 e. The molecule has 0 aliphatic carbocycles. The molecule has 0 bridgehead atoms. The van der Waals surface area contributed by atoms with E-state index in [9.17, 15) is 14.0 Å². The fourth-order valence-corrected chi connectivity index (χ4v) is 3.63. The third-order valence-electron chi connectivity index (χ3n) is 4.47. The highest BCUT2D eigenvalue weighted by Crippen LogP contribution is 2.21. The van der Waals surface area contributed by atoms with Gasteiger partial charge < -0.3 is 0 Å². The first-order chi connectivity index (χ1) is 14.5. The van der Waals surface area contributed by atoms with Crippen molar-refractivity contribution in [2.75, 3.05) is 0 Å². The number of thiophene rings is 1. The van der Waals surface area contributed by atoms with Gasteiger partial charge in [-0.25, -0.2) is 14.5 Å². The molecule has 0 fully saturated rings. The van der Waals surface area contributed by atoms with Crippen LogP contribution in [0.5, 0.6) is 0 Å². The van der Waals surface area contributed by atoms with Crippen LogP contribution in [-0.4, -0.2) is 21.4 Å². The topological polar surface area (TPSA) is 79.2 Å². The second-order valence-corrected chi connectivity index (χ2v) is 7.41. The molecule has 0 saturated carbocycles. The summed E-state index contributed by atoms with van der Waals surface area (Å²) < 4.78 is 14.6. The van der Waals surface area contributed by atoms with E-state index in [0.717, 1.165) is 5.56 Å². The van der Waals surface area contributed by atoms with Gasteiger partial charge in [-0.05, 0) is 42.6 Å². The Morgan fingerprint density at radius 2 is 1.80 bits per heavy atom. The van der Waals surface area contributed by atoms with E-state index in [1.54, 1.807) is 24.4 Å². The number of aromatic nitrogens is 2. The molecule has 0 radical (unpaired) electrons. The highest BCUT2D eigenvalue weighted by atomic mass is 32.1. The van der Waals surface area contributed by atoms with Crippen molar-refractivity contribution in [2.24, 2.45) is 5.10 Å². The summed E-state index contributed by atoms with van der Waals surface area (Å²) in [7, 11) is 0. The number of carbonyl (C=O) groups excluding carboxylic acids is 1. The first-order valence-electron chi connectivity index (χ1n) is 9.09. The van der Waals surface area contributed by atoms with Crippen molar-refractivity contribution in [2.45, 2.75) is 6.92 Å². The molecule has 2 aromatic heterocycles. The van der Waals surface area contributed by atoms with Crippen LogP contribution >= 0.6 is 11.3 Å². The van der Waals surface area contributed by atoms with Gasteiger partial charge in [0.25, 0.3) is 11.5 Å². The standard InChI is InChI=1S/C22H17FN4O2S/c1-14(24-25-21(28)18-8-5-13-30-18)19-20(15-6-3-2-4-7-15)26-27(22(19)29)17-11-9-16(23)10-12-17/h2-13,26H,1H3,(H,25,28). The van der Waals surface area contributed by atoms with Gasteiger partial charge in [-0.2, -0.15) is 5.10 Å². The van der Waals surface area contributed by atoms with E-state index in [0.29, 0.717) is 27.5 Å². The van der Waals surface area contributed by atoms with Crippen molar-refractivity contribution in [3.63, 3.8) is 0 Å². The lowest BCUT2D eigenvalue weighted by atomic mass is 10.1. The predicted octanol–water partition coefficient (Wildman–Crippen LogP) is 4.19. The minimum absolute atomic E-state index is 0.317. The minimum Gasteiger partial charge on any atom is -0.290 e. The first-order valence-corrected chi connectivity index (χ1v) is 9.97. The van der Waals surface area contributed by atoms with Crippen LogP contribution in [0.1, 0.15) is 22.2 Å².